The molecule has 18 heavy (non-hydrogen) atoms. The molecule has 0 bridgehead atoms. The smallest absolute Gasteiger partial charge is 0.397 e. The molecule has 0 aromatic carbocycles. The second-order valence-corrected chi connectivity index (χ2v) is 5.21. The molecule has 0 atom stereocenters. The zero-order valence-corrected chi connectivity index (χ0v) is 11.6. The first kappa shape index (κ1) is 14.9. The van der Waals surface area contributed by atoms with Gasteiger partial charge in [0.05, 0.1) is 13.2 Å². The highest BCUT2D eigenvalue weighted by Gasteiger charge is 2.17. The van der Waals surface area contributed by atoms with E-state index in [-0.39, 0.29) is 11.7 Å². The van der Waals surface area contributed by atoms with Crippen LogP contribution in [0.5, 0.6) is 0 Å². The molecule has 1 aromatic heterocycles. The minimum Gasteiger partial charge on any atom is -0.459 e. The lowest BCUT2D eigenvalue weighted by Gasteiger charge is -1.99. The van der Waals surface area contributed by atoms with Crippen molar-refractivity contribution in [1.82, 2.24) is 10.2 Å². The Kier molecular flexibility index (Phi) is 6.61. The Bertz CT molecular complexity index is 410. The molecule has 0 aliphatic heterocycles. The van der Waals surface area contributed by atoms with Crippen LogP contribution < -0.4 is 5.32 Å². The molecule has 1 rings (SSSR count). The van der Waals surface area contributed by atoms with Crippen molar-refractivity contribution >= 4 is 40.1 Å². The summed E-state index contributed by atoms with van der Waals surface area (Å²) in [5, 5.41) is 10.2. The van der Waals surface area contributed by atoms with Gasteiger partial charge in [0.15, 0.2) is 4.34 Å². The van der Waals surface area contributed by atoms with Crippen LogP contribution in [0.4, 0.5) is 5.13 Å². The number of carbonyl (C=O) groups excluding carboxylic acids is 2. The van der Waals surface area contributed by atoms with Gasteiger partial charge in [-0.05, 0) is 6.92 Å². The summed E-state index contributed by atoms with van der Waals surface area (Å²) in [6, 6.07) is 0. The first-order valence-corrected chi connectivity index (χ1v) is 6.91. The Hall–Kier alpha value is -1.19. The minimum atomic E-state index is -0.929. The Morgan fingerprint density at radius 2 is 2.22 bits per heavy atom. The fourth-order valence-corrected chi connectivity index (χ4v) is 2.59. The number of nitrogens with zero attached hydrogens (tertiary/aromatic N) is 2. The highest BCUT2D eigenvalue weighted by atomic mass is 32.2. The molecule has 9 heteroatoms. The second kappa shape index (κ2) is 8.01. The molecule has 0 unspecified atom stereocenters. The number of anilines is 1. The van der Waals surface area contributed by atoms with Gasteiger partial charge in [-0.2, -0.15) is 0 Å². The van der Waals surface area contributed by atoms with Crippen LogP contribution >= 0.6 is 23.1 Å². The number of carbonyl (C=O) groups is 2. The van der Waals surface area contributed by atoms with E-state index in [1.54, 1.807) is 14.0 Å². The summed E-state index contributed by atoms with van der Waals surface area (Å²) in [7, 11) is 1.62. The predicted molar refractivity (Wildman–Crippen MR) is 67.8 cm³/mol. The van der Waals surface area contributed by atoms with Crippen molar-refractivity contribution in [3.05, 3.63) is 0 Å². The van der Waals surface area contributed by atoms with Gasteiger partial charge in [0, 0.05) is 12.9 Å². The highest BCUT2D eigenvalue weighted by molar-refractivity contribution is 8.01. The van der Waals surface area contributed by atoms with E-state index in [0.717, 1.165) is 5.75 Å². The highest BCUT2D eigenvalue weighted by Crippen LogP contribution is 2.25. The monoisotopic (exact) mass is 291 g/mol. The number of amides is 1. The molecule has 100 valence electrons. The van der Waals surface area contributed by atoms with Gasteiger partial charge in [-0.3, -0.25) is 10.1 Å². The molecular formula is C9H13N3O4S2. The number of nitrogens with one attached hydrogen (secondary N) is 1. The van der Waals surface area contributed by atoms with Crippen LogP contribution in [0.1, 0.15) is 6.92 Å². The maximum absolute atomic E-state index is 11.3. The normalized spacial score (nSPS) is 10.1. The molecule has 1 heterocycles. The number of methoxy groups -OCH3 is 1. The summed E-state index contributed by atoms with van der Waals surface area (Å²) in [5.41, 5.74) is 0. The Labute approximate surface area is 112 Å². The van der Waals surface area contributed by atoms with Crippen molar-refractivity contribution in [2.24, 2.45) is 0 Å². The molecule has 0 fully saturated rings. The van der Waals surface area contributed by atoms with Gasteiger partial charge < -0.3 is 9.47 Å². The first-order valence-electron chi connectivity index (χ1n) is 5.10. The molecule has 1 aromatic rings. The lowest BCUT2D eigenvalue weighted by atomic mass is 10.6. The number of thioether (sulfide) groups is 1. The quantitative estimate of drug-likeness (QED) is 0.272. The van der Waals surface area contributed by atoms with E-state index in [1.807, 2.05) is 0 Å². The minimum absolute atomic E-state index is 0.153. The van der Waals surface area contributed by atoms with Crippen LogP contribution in [0.3, 0.4) is 0 Å². The van der Waals surface area contributed by atoms with Crippen molar-refractivity contribution in [2.75, 3.05) is 31.4 Å². The Morgan fingerprint density at radius 1 is 1.44 bits per heavy atom. The fourth-order valence-electron chi connectivity index (χ4n) is 0.876. The molecule has 0 saturated heterocycles. The lowest BCUT2D eigenvalue weighted by Crippen LogP contribution is -2.24. The first-order chi connectivity index (χ1) is 8.67. The number of hydrogen-bond acceptors (Lipinski definition) is 8. The summed E-state index contributed by atoms with van der Waals surface area (Å²) in [5.74, 6) is -1.03. The van der Waals surface area contributed by atoms with Crippen molar-refractivity contribution < 1.29 is 19.1 Å². The molecule has 0 saturated carbocycles. The van der Waals surface area contributed by atoms with Gasteiger partial charge in [0.2, 0.25) is 5.13 Å². The van der Waals surface area contributed by atoms with Crippen molar-refractivity contribution in [2.45, 2.75) is 11.3 Å². The standard InChI is InChI=1S/C9H13N3O4S2/c1-3-16-7(14)6(13)10-8-11-12-9(18-8)17-5-4-15-2/h3-5H2,1-2H3,(H,10,11,13). The SMILES string of the molecule is CCOC(=O)C(=O)Nc1nnc(SCCOC)s1. The summed E-state index contributed by atoms with van der Waals surface area (Å²) in [4.78, 5) is 22.4. The molecule has 0 radical (unpaired) electrons. The fraction of sp³-hybridized carbons (Fsp3) is 0.556. The maximum atomic E-state index is 11.3. The molecule has 0 spiro atoms. The van der Waals surface area contributed by atoms with Gasteiger partial charge in [0.1, 0.15) is 0 Å². The van der Waals surface area contributed by atoms with Gasteiger partial charge in [-0.25, -0.2) is 4.79 Å². The van der Waals surface area contributed by atoms with Crippen LogP contribution in [-0.2, 0) is 19.1 Å². The summed E-state index contributed by atoms with van der Waals surface area (Å²) in [6.07, 6.45) is 0. The van der Waals surface area contributed by atoms with Crippen LogP contribution in [0.25, 0.3) is 0 Å². The molecule has 0 aliphatic rings. The van der Waals surface area contributed by atoms with Crippen LogP contribution in [0.15, 0.2) is 4.34 Å². The third kappa shape index (κ3) is 4.98. The molecule has 0 aliphatic carbocycles. The van der Waals surface area contributed by atoms with E-state index in [1.165, 1.54) is 23.1 Å². The van der Waals surface area contributed by atoms with E-state index >= 15 is 0 Å². The van der Waals surface area contributed by atoms with Crippen molar-refractivity contribution in [3.63, 3.8) is 0 Å². The average Bonchev–Trinajstić information content (AvgIpc) is 2.77. The average molecular weight is 291 g/mol. The van der Waals surface area contributed by atoms with Crippen LogP contribution in [-0.4, -0.2) is 48.2 Å². The number of hydrogen-bond donors (Lipinski definition) is 1. The summed E-state index contributed by atoms with van der Waals surface area (Å²) < 4.78 is 10.1. The second-order valence-electron chi connectivity index (χ2n) is 2.89. The predicted octanol–water partition coefficient (Wildman–Crippen LogP) is 0.778. The molecule has 1 N–H and O–H groups in total. The van der Waals surface area contributed by atoms with E-state index in [2.05, 4.69) is 20.3 Å². The van der Waals surface area contributed by atoms with E-state index in [0.29, 0.717) is 10.9 Å². The Morgan fingerprint density at radius 3 is 2.89 bits per heavy atom. The van der Waals surface area contributed by atoms with Gasteiger partial charge in [0.25, 0.3) is 0 Å². The van der Waals surface area contributed by atoms with E-state index in [9.17, 15) is 9.59 Å². The van der Waals surface area contributed by atoms with Crippen molar-refractivity contribution in [1.29, 1.82) is 0 Å². The van der Waals surface area contributed by atoms with E-state index < -0.39 is 11.9 Å². The molecule has 1 amide bonds. The molecule has 7 nitrogen and oxygen atoms in total. The lowest BCUT2D eigenvalue weighted by molar-refractivity contribution is -0.152. The largest absolute Gasteiger partial charge is 0.459 e. The third-order valence-electron chi connectivity index (χ3n) is 1.60. The number of ether oxygens (including phenoxy) is 2. The zero-order valence-electron chi connectivity index (χ0n) is 9.97. The number of esters is 1. The zero-order chi connectivity index (χ0) is 13.4. The summed E-state index contributed by atoms with van der Waals surface area (Å²) in [6.45, 7) is 2.38. The maximum Gasteiger partial charge on any atom is 0.397 e. The summed E-state index contributed by atoms with van der Waals surface area (Å²) >= 11 is 2.66. The van der Waals surface area contributed by atoms with Gasteiger partial charge >= 0.3 is 11.9 Å². The van der Waals surface area contributed by atoms with E-state index in [4.69, 9.17) is 4.74 Å². The number of rotatable bonds is 6. The Balaban J connectivity index is 2.43. The number of aromatic nitrogens is 2. The van der Waals surface area contributed by atoms with Crippen LogP contribution in [0, 0.1) is 0 Å². The van der Waals surface area contributed by atoms with Gasteiger partial charge in [-0.1, -0.05) is 23.1 Å². The van der Waals surface area contributed by atoms with Gasteiger partial charge in [-0.15, -0.1) is 10.2 Å². The third-order valence-corrected chi connectivity index (χ3v) is 3.54. The molecular weight excluding hydrogens is 278 g/mol. The topological polar surface area (TPSA) is 90.4 Å². The van der Waals surface area contributed by atoms with Crippen molar-refractivity contribution in [3.8, 4) is 0 Å². The van der Waals surface area contributed by atoms with Crippen LogP contribution in [0.2, 0.25) is 0 Å².